The molecule has 1 aromatic heterocycles. The van der Waals surface area contributed by atoms with Crippen LogP contribution in [0.25, 0.3) is 5.69 Å². The van der Waals surface area contributed by atoms with Gasteiger partial charge in [-0.1, -0.05) is 45.2 Å². The van der Waals surface area contributed by atoms with Gasteiger partial charge in [-0.25, -0.2) is 0 Å². The highest BCUT2D eigenvalue weighted by Crippen LogP contribution is 2.30. The monoisotopic (exact) mass is 453 g/mol. The molecule has 0 radical (unpaired) electrons. The van der Waals surface area contributed by atoms with Crippen LogP contribution in [0, 0.1) is 0 Å². The van der Waals surface area contributed by atoms with Crippen LogP contribution in [-0.2, 0) is 0 Å². The molecule has 1 heterocycles. The number of hydrogen-bond donors (Lipinski definition) is 2. The van der Waals surface area contributed by atoms with Gasteiger partial charge in [0.1, 0.15) is 0 Å². The Morgan fingerprint density at radius 2 is 1.85 bits per heavy atom. The van der Waals surface area contributed by atoms with Gasteiger partial charge in [0.05, 0.1) is 21.4 Å². The van der Waals surface area contributed by atoms with Crippen LogP contribution in [0.4, 0.5) is 5.69 Å². The normalized spacial score (nSPS) is 10.6. The van der Waals surface area contributed by atoms with E-state index in [0.29, 0.717) is 5.69 Å². The van der Waals surface area contributed by atoms with Gasteiger partial charge in [-0.2, -0.15) is 9.78 Å². The van der Waals surface area contributed by atoms with Crippen molar-refractivity contribution in [1.82, 2.24) is 9.78 Å². The first-order chi connectivity index (χ1) is 12.4. The third-order valence-corrected chi connectivity index (χ3v) is 4.75. The Kier molecular flexibility index (Phi) is 5.31. The lowest BCUT2D eigenvalue weighted by atomic mass is 10.2. The molecule has 0 fully saturated rings. The fraction of sp³-hybridized carbons (Fsp3) is 0. The van der Waals surface area contributed by atoms with Crippen molar-refractivity contribution in [2.24, 2.45) is 0 Å². The Hall–Kier alpha value is -2.35. The van der Waals surface area contributed by atoms with Gasteiger partial charge in [0.2, 0.25) is 0 Å². The summed E-state index contributed by atoms with van der Waals surface area (Å²) in [7, 11) is 0. The molecule has 0 aliphatic rings. The van der Waals surface area contributed by atoms with Crippen LogP contribution < -0.4 is 10.9 Å². The van der Waals surface area contributed by atoms with Crippen molar-refractivity contribution < 1.29 is 9.90 Å². The highest BCUT2D eigenvalue weighted by molar-refractivity contribution is 9.10. The number of nitrogens with zero attached hydrogens (tertiary/aromatic N) is 2. The van der Waals surface area contributed by atoms with E-state index in [0.717, 1.165) is 15.2 Å². The van der Waals surface area contributed by atoms with Crippen molar-refractivity contribution in [3.63, 3.8) is 0 Å². The zero-order valence-corrected chi connectivity index (χ0v) is 16.0. The molecular weight excluding hydrogens is 445 g/mol. The van der Waals surface area contributed by atoms with Crippen LogP contribution in [0.15, 0.2) is 57.8 Å². The molecule has 0 spiro atoms. The van der Waals surface area contributed by atoms with E-state index in [1.165, 1.54) is 0 Å². The second-order valence-electron chi connectivity index (χ2n) is 5.16. The lowest BCUT2D eigenvalue weighted by molar-refractivity contribution is 0.101. The number of anilines is 1. The predicted molar refractivity (Wildman–Crippen MR) is 104 cm³/mol. The molecule has 26 heavy (non-hydrogen) atoms. The molecule has 6 nitrogen and oxygen atoms in total. The Balaban J connectivity index is 2.00. The number of amides is 1. The van der Waals surface area contributed by atoms with Crippen LogP contribution in [0.5, 0.6) is 5.75 Å². The molecule has 0 unspecified atom stereocenters. The van der Waals surface area contributed by atoms with Crippen LogP contribution in [0.1, 0.15) is 10.5 Å². The molecule has 0 atom stereocenters. The number of benzene rings is 2. The van der Waals surface area contributed by atoms with E-state index >= 15 is 0 Å². The van der Waals surface area contributed by atoms with Crippen molar-refractivity contribution in [3.05, 3.63) is 79.1 Å². The number of rotatable bonds is 3. The van der Waals surface area contributed by atoms with Crippen LogP contribution in [0.2, 0.25) is 10.0 Å². The van der Waals surface area contributed by atoms with Crippen molar-refractivity contribution in [3.8, 4) is 11.4 Å². The van der Waals surface area contributed by atoms with Gasteiger partial charge in [-0.05, 0) is 36.4 Å². The number of carbonyl (C=O) groups excluding carboxylic acids is 1. The second-order valence-corrected chi connectivity index (χ2v) is 6.86. The largest absolute Gasteiger partial charge is 0.505 e. The van der Waals surface area contributed by atoms with Crippen molar-refractivity contribution in [2.45, 2.75) is 0 Å². The maximum atomic E-state index is 12.5. The van der Waals surface area contributed by atoms with Crippen molar-refractivity contribution >= 4 is 50.7 Å². The Labute approximate surface area is 166 Å². The minimum Gasteiger partial charge on any atom is -0.505 e. The summed E-state index contributed by atoms with van der Waals surface area (Å²) in [5, 5.41) is 16.9. The van der Waals surface area contributed by atoms with Gasteiger partial charge in [0.25, 0.3) is 11.5 Å². The molecule has 132 valence electrons. The second kappa shape index (κ2) is 7.49. The third-order valence-electron chi connectivity index (χ3n) is 3.40. The lowest BCUT2D eigenvalue weighted by Crippen LogP contribution is -2.25. The van der Waals surface area contributed by atoms with Crippen molar-refractivity contribution in [1.29, 1.82) is 0 Å². The van der Waals surface area contributed by atoms with Gasteiger partial charge >= 0.3 is 0 Å². The number of hydrogen-bond acceptors (Lipinski definition) is 4. The van der Waals surface area contributed by atoms with E-state index in [1.807, 2.05) is 0 Å². The smallest absolute Gasteiger partial charge is 0.280 e. The molecular formula is C17H10BrCl2N3O3. The first-order valence-electron chi connectivity index (χ1n) is 7.21. The molecule has 3 aromatic rings. The van der Waals surface area contributed by atoms with E-state index in [9.17, 15) is 14.7 Å². The average Bonchev–Trinajstić information content (AvgIpc) is 2.60. The molecule has 0 aliphatic carbocycles. The average molecular weight is 455 g/mol. The van der Waals surface area contributed by atoms with E-state index in [2.05, 4.69) is 26.3 Å². The highest BCUT2D eigenvalue weighted by atomic mass is 79.9. The van der Waals surface area contributed by atoms with E-state index in [-0.39, 0.29) is 21.4 Å². The fourth-order valence-electron chi connectivity index (χ4n) is 2.16. The quantitative estimate of drug-likeness (QED) is 0.619. The fourth-order valence-corrected chi connectivity index (χ4v) is 2.77. The Morgan fingerprint density at radius 3 is 2.54 bits per heavy atom. The van der Waals surface area contributed by atoms with Crippen LogP contribution in [-0.4, -0.2) is 20.8 Å². The molecule has 3 rings (SSSR count). The topological polar surface area (TPSA) is 84.2 Å². The SMILES string of the molecule is O=C(Nc1cccc(Cl)c1Cl)c1nn(-c2ccc(Br)cc2)c(=O)cc1O. The lowest BCUT2D eigenvalue weighted by Gasteiger charge is -2.11. The molecule has 0 bridgehead atoms. The molecule has 2 N–H and O–H groups in total. The van der Waals surface area contributed by atoms with Gasteiger partial charge in [0, 0.05) is 10.5 Å². The minimum atomic E-state index is -0.738. The van der Waals surface area contributed by atoms with Gasteiger partial charge in [0.15, 0.2) is 11.4 Å². The summed E-state index contributed by atoms with van der Waals surface area (Å²) in [6.45, 7) is 0. The highest BCUT2D eigenvalue weighted by Gasteiger charge is 2.18. The number of aromatic hydroxyl groups is 1. The minimum absolute atomic E-state index is 0.156. The first-order valence-corrected chi connectivity index (χ1v) is 8.76. The molecule has 9 heteroatoms. The molecule has 0 saturated carbocycles. The predicted octanol–water partition coefficient (Wildman–Crippen LogP) is 4.26. The molecule has 0 saturated heterocycles. The number of aromatic nitrogens is 2. The summed E-state index contributed by atoms with van der Waals surface area (Å²) < 4.78 is 1.84. The first kappa shape index (κ1) is 18.4. The Bertz CT molecular complexity index is 1050. The van der Waals surface area contributed by atoms with Gasteiger partial charge < -0.3 is 10.4 Å². The molecule has 0 aliphatic heterocycles. The van der Waals surface area contributed by atoms with E-state index in [4.69, 9.17) is 23.2 Å². The van der Waals surface area contributed by atoms with E-state index < -0.39 is 17.2 Å². The van der Waals surface area contributed by atoms with Gasteiger partial charge in [-0.15, -0.1) is 0 Å². The van der Waals surface area contributed by atoms with Crippen LogP contribution >= 0.6 is 39.1 Å². The van der Waals surface area contributed by atoms with Crippen LogP contribution in [0.3, 0.4) is 0 Å². The maximum absolute atomic E-state index is 12.5. The summed E-state index contributed by atoms with van der Waals surface area (Å²) in [6, 6.07) is 12.4. The summed E-state index contributed by atoms with van der Waals surface area (Å²) in [5.74, 6) is -1.28. The zero-order valence-electron chi connectivity index (χ0n) is 12.9. The summed E-state index contributed by atoms with van der Waals surface area (Å²) in [5.41, 5.74) is -0.217. The standard InChI is InChI=1S/C17H10BrCl2N3O3/c18-9-4-6-10(7-5-9)23-14(25)8-13(24)16(22-23)17(26)21-12-3-1-2-11(19)15(12)20/h1-8,24H,(H,21,26). The molecule has 2 aromatic carbocycles. The molecule has 1 amide bonds. The summed E-state index contributed by atoms with van der Waals surface area (Å²) in [4.78, 5) is 24.6. The number of carbonyl (C=O) groups is 1. The third kappa shape index (κ3) is 3.75. The zero-order chi connectivity index (χ0) is 18.8. The number of halogens is 3. The maximum Gasteiger partial charge on any atom is 0.280 e. The summed E-state index contributed by atoms with van der Waals surface area (Å²) in [6.07, 6.45) is 0. The Morgan fingerprint density at radius 1 is 1.15 bits per heavy atom. The van der Waals surface area contributed by atoms with E-state index in [1.54, 1.807) is 42.5 Å². The number of nitrogens with one attached hydrogen (secondary N) is 1. The van der Waals surface area contributed by atoms with Gasteiger partial charge in [-0.3, -0.25) is 9.59 Å². The van der Waals surface area contributed by atoms with Crippen molar-refractivity contribution in [2.75, 3.05) is 5.32 Å². The summed E-state index contributed by atoms with van der Waals surface area (Å²) >= 11 is 15.3.